The van der Waals surface area contributed by atoms with Gasteiger partial charge in [-0.1, -0.05) is 19.9 Å². The minimum Gasteiger partial charge on any atom is -0.351 e. The van der Waals surface area contributed by atoms with Gasteiger partial charge in [0.2, 0.25) is 0 Å². The van der Waals surface area contributed by atoms with E-state index in [1.165, 1.54) is 5.56 Å². The summed E-state index contributed by atoms with van der Waals surface area (Å²) < 4.78 is 0. The molecule has 0 aliphatic heterocycles. The van der Waals surface area contributed by atoms with Gasteiger partial charge in [0.15, 0.2) is 0 Å². The van der Waals surface area contributed by atoms with Crippen LogP contribution in [0.3, 0.4) is 0 Å². The molecule has 0 unspecified atom stereocenters. The number of carbonyl (C=O) groups is 1. The molecule has 0 aromatic heterocycles. The van der Waals surface area contributed by atoms with Crippen molar-refractivity contribution >= 4 is 5.91 Å². The van der Waals surface area contributed by atoms with Gasteiger partial charge in [-0.05, 0) is 49.1 Å². The number of benzene rings is 1. The third kappa shape index (κ3) is 3.86. The normalized spacial score (nSPS) is 11.4. The van der Waals surface area contributed by atoms with Gasteiger partial charge in [-0.2, -0.15) is 0 Å². The van der Waals surface area contributed by atoms with E-state index in [2.05, 4.69) is 5.32 Å². The Morgan fingerprint density at radius 1 is 1.29 bits per heavy atom. The van der Waals surface area contributed by atoms with Gasteiger partial charge >= 0.3 is 0 Å². The second-order valence-corrected chi connectivity index (χ2v) is 5.35. The molecule has 17 heavy (non-hydrogen) atoms. The van der Waals surface area contributed by atoms with Gasteiger partial charge in [0.25, 0.3) is 5.91 Å². The van der Waals surface area contributed by atoms with Crippen LogP contribution in [0.15, 0.2) is 18.2 Å². The standard InChI is InChI=1S/C14H22N2O/c1-10-5-6-12(7-11(10)2)13(17)16-9-14(3,4)8-15/h5-7H,8-9,15H2,1-4H3,(H,16,17). The molecule has 0 bridgehead atoms. The van der Waals surface area contributed by atoms with Crippen LogP contribution in [0.2, 0.25) is 0 Å². The Kier molecular flexibility index (Phi) is 4.29. The quantitative estimate of drug-likeness (QED) is 0.837. The fourth-order valence-electron chi connectivity index (χ4n) is 1.38. The van der Waals surface area contributed by atoms with E-state index < -0.39 is 0 Å². The summed E-state index contributed by atoms with van der Waals surface area (Å²) in [5.74, 6) is -0.0328. The molecular weight excluding hydrogens is 212 g/mol. The number of hydrogen-bond donors (Lipinski definition) is 2. The van der Waals surface area contributed by atoms with Crippen LogP contribution in [0, 0.1) is 19.3 Å². The van der Waals surface area contributed by atoms with E-state index in [-0.39, 0.29) is 11.3 Å². The van der Waals surface area contributed by atoms with Crippen LogP contribution in [0.4, 0.5) is 0 Å². The molecule has 1 aromatic rings. The third-order valence-electron chi connectivity index (χ3n) is 3.05. The summed E-state index contributed by atoms with van der Waals surface area (Å²) in [5, 5.41) is 2.92. The van der Waals surface area contributed by atoms with Crippen LogP contribution in [0.5, 0.6) is 0 Å². The fraction of sp³-hybridized carbons (Fsp3) is 0.500. The van der Waals surface area contributed by atoms with E-state index >= 15 is 0 Å². The van der Waals surface area contributed by atoms with Crippen molar-refractivity contribution in [3.8, 4) is 0 Å². The molecular formula is C14H22N2O. The summed E-state index contributed by atoms with van der Waals surface area (Å²) in [6.07, 6.45) is 0. The molecule has 0 atom stereocenters. The first kappa shape index (κ1) is 13.7. The van der Waals surface area contributed by atoms with E-state index in [0.29, 0.717) is 18.7 Å². The van der Waals surface area contributed by atoms with Crippen molar-refractivity contribution in [1.82, 2.24) is 5.32 Å². The molecule has 0 spiro atoms. The molecule has 0 heterocycles. The molecule has 3 heteroatoms. The molecule has 0 aliphatic carbocycles. The molecule has 94 valence electrons. The largest absolute Gasteiger partial charge is 0.351 e. The Bertz CT molecular complexity index is 411. The van der Waals surface area contributed by atoms with Crippen LogP contribution >= 0.6 is 0 Å². The number of rotatable bonds is 4. The molecule has 0 saturated heterocycles. The maximum absolute atomic E-state index is 11.9. The fourth-order valence-corrected chi connectivity index (χ4v) is 1.38. The zero-order valence-electron chi connectivity index (χ0n) is 11.1. The molecule has 0 fully saturated rings. The minimum absolute atomic E-state index is 0.0328. The number of nitrogens with one attached hydrogen (secondary N) is 1. The van der Waals surface area contributed by atoms with Gasteiger partial charge < -0.3 is 11.1 Å². The lowest BCUT2D eigenvalue weighted by Gasteiger charge is -2.22. The lowest BCUT2D eigenvalue weighted by atomic mass is 9.94. The van der Waals surface area contributed by atoms with Crippen LogP contribution in [0.25, 0.3) is 0 Å². The zero-order chi connectivity index (χ0) is 13.1. The van der Waals surface area contributed by atoms with Gasteiger partial charge in [-0.25, -0.2) is 0 Å². The summed E-state index contributed by atoms with van der Waals surface area (Å²) in [6, 6.07) is 5.74. The summed E-state index contributed by atoms with van der Waals surface area (Å²) in [7, 11) is 0. The summed E-state index contributed by atoms with van der Waals surface area (Å²) in [6.45, 7) is 9.27. The van der Waals surface area contributed by atoms with Crippen LogP contribution in [-0.2, 0) is 0 Å². The number of amides is 1. The summed E-state index contributed by atoms with van der Waals surface area (Å²) in [5.41, 5.74) is 8.61. The predicted octanol–water partition coefficient (Wildman–Crippen LogP) is 2.02. The molecule has 0 saturated carbocycles. The number of hydrogen-bond acceptors (Lipinski definition) is 2. The Labute approximate surface area is 103 Å². The predicted molar refractivity (Wildman–Crippen MR) is 71.1 cm³/mol. The van der Waals surface area contributed by atoms with Crippen molar-refractivity contribution in [2.24, 2.45) is 11.1 Å². The van der Waals surface area contributed by atoms with Crippen LogP contribution in [-0.4, -0.2) is 19.0 Å². The highest BCUT2D eigenvalue weighted by atomic mass is 16.1. The Morgan fingerprint density at radius 3 is 2.47 bits per heavy atom. The topological polar surface area (TPSA) is 55.1 Å². The molecule has 3 nitrogen and oxygen atoms in total. The van der Waals surface area contributed by atoms with Crippen molar-refractivity contribution in [3.05, 3.63) is 34.9 Å². The van der Waals surface area contributed by atoms with Crippen LogP contribution in [0.1, 0.15) is 35.3 Å². The monoisotopic (exact) mass is 234 g/mol. The highest BCUT2D eigenvalue weighted by Crippen LogP contribution is 2.12. The molecule has 3 N–H and O–H groups in total. The maximum atomic E-state index is 11.9. The number of aryl methyl sites for hydroxylation is 2. The highest BCUT2D eigenvalue weighted by molar-refractivity contribution is 5.94. The smallest absolute Gasteiger partial charge is 0.251 e. The van der Waals surface area contributed by atoms with E-state index in [0.717, 1.165) is 5.56 Å². The zero-order valence-corrected chi connectivity index (χ0v) is 11.1. The van der Waals surface area contributed by atoms with Crippen molar-refractivity contribution in [2.75, 3.05) is 13.1 Å². The lowest BCUT2D eigenvalue weighted by molar-refractivity contribution is 0.0938. The second kappa shape index (κ2) is 5.32. The van der Waals surface area contributed by atoms with E-state index in [4.69, 9.17) is 5.73 Å². The summed E-state index contributed by atoms with van der Waals surface area (Å²) in [4.78, 5) is 11.9. The van der Waals surface area contributed by atoms with E-state index in [1.807, 2.05) is 45.9 Å². The first-order valence-electron chi connectivity index (χ1n) is 5.91. The molecule has 1 aromatic carbocycles. The first-order valence-corrected chi connectivity index (χ1v) is 5.91. The molecule has 0 aliphatic rings. The van der Waals surface area contributed by atoms with Crippen molar-refractivity contribution in [1.29, 1.82) is 0 Å². The van der Waals surface area contributed by atoms with Crippen LogP contribution < -0.4 is 11.1 Å². The summed E-state index contributed by atoms with van der Waals surface area (Å²) >= 11 is 0. The van der Waals surface area contributed by atoms with E-state index in [1.54, 1.807) is 0 Å². The van der Waals surface area contributed by atoms with Crippen molar-refractivity contribution in [3.63, 3.8) is 0 Å². The number of carbonyl (C=O) groups excluding carboxylic acids is 1. The SMILES string of the molecule is Cc1ccc(C(=O)NCC(C)(C)CN)cc1C. The Hall–Kier alpha value is -1.35. The van der Waals surface area contributed by atoms with E-state index in [9.17, 15) is 4.79 Å². The van der Waals surface area contributed by atoms with Crippen molar-refractivity contribution < 1.29 is 4.79 Å². The number of nitrogens with two attached hydrogens (primary N) is 1. The average molecular weight is 234 g/mol. The van der Waals surface area contributed by atoms with Gasteiger partial charge in [-0.15, -0.1) is 0 Å². The second-order valence-electron chi connectivity index (χ2n) is 5.35. The lowest BCUT2D eigenvalue weighted by Crippen LogP contribution is -2.38. The molecule has 1 rings (SSSR count). The molecule has 1 amide bonds. The Morgan fingerprint density at radius 2 is 1.94 bits per heavy atom. The van der Waals surface area contributed by atoms with Crippen molar-refractivity contribution in [2.45, 2.75) is 27.7 Å². The Balaban J connectivity index is 2.68. The van der Waals surface area contributed by atoms with Gasteiger partial charge in [0.05, 0.1) is 0 Å². The van der Waals surface area contributed by atoms with Gasteiger partial charge in [-0.3, -0.25) is 4.79 Å². The third-order valence-corrected chi connectivity index (χ3v) is 3.05. The van der Waals surface area contributed by atoms with Gasteiger partial charge in [0.1, 0.15) is 0 Å². The van der Waals surface area contributed by atoms with Gasteiger partial charge in [0, 0.05) is 12.1 Å². The minimum atomic E-state index is -0.0601. The maximum Gasteiger partial charge on any atom is 0.251 e. The highest BCUT2D eigenvalue weighted by Gasteiger charge is 2.17. The average Bonchev–Trinajstić information content (AvgIpc) is 2.30. The molecule has 0 radical (unpaired) electrons. The first-order chi connectivity index (χ1) is 7.85.